The van der Waals surface area contributed by atoms with Crippen molar-refractivity contribution < 1.29 is 33.9 Å². The molecule has 16 nitrogen and oxygen atoms in total. The zero-order chi connectivity index (χ0) is 27.1. The normalized spacial score (nSPS) is 13.9. The predicted molar refractivity (Wildman–Crippen MR) is 124 cm³/mol. The van der Waals surface area contributed by atoms with Gasteiger partial charge in [-0.15, -0.1) is 0 Å². The number of carbonyl (C=O) groups excluding carboxylic acids is 5. The van der Waals surface area contributed by atoms with Crippen LogP contribution in [0.4, 0.5) is 0 Å². The minimum atomic E-state index is -1.35. The van der Waals surface area contributed by atoms with Crippen LogP contribution < -0.4 is 44.6 Å². The van der Waals surface area contributed by atoms with Crippen molar-refractivity contribution in [3.8, 4) is 0 Å². The van der Waals surface area contributed by atoms with Crippen LogP contribution in [0.3, 0.4) is 0 Å². The molecule has 14 N–H and O–H groups in total. The molecule has 4 unspecified atom stereocenters. The molecule has 0 aromatic heterocycles. The van der Waals surface area contributed by atoms with Crippen molar-refractivity contribution in [1.82, 2.24) is 16.0 Å². The Hall–Kier alpha value is -3.95. The van der Waals surface area contributed by atoms with Crippen molar-refractivity contribution in [2.75, 3.05) is 6.54 Å². The lowest BCUT2D eigenvalue weighted by Crippen LogP contribution is -2.57. The highest BCUT2D eigenvalue weighted by molar-refractivity contribution is 5.94. The maximum atomic E-state index is 12.9. The molecular weight excluding hydrogens is 466 g/mol. The van der Waals surface area contributed by atoms with Crippen LogP contribution in [0.1, 0.15) is 45.4 Å². The van der Waals surface area contributed by atoms with Gasteiger partial charge in [-0.25, -0.2) is 0 Å². The van der Waals surface area contributed by atoms with Gasteiger partial charge in [0.05, 0.1) is 6.04 Å². The SMILES string of the molecule is CC(NC(=O)C(CCC(N)=O)NC(=O)C(CCC(N)=O)NC(=O)C(N)CCCN=C(N)N)C(=O)O. The van der Waals surface area contributed by atoms with E-state index in [1.165, 1.54) is 6.92 Å². The van der Waals surface area contributed by atoms with Crippen molar-refractivity contribution in [2.24, 2.45) is 33.7 Å². The van der Waals surface area contributed by atoms with Crippen LogP contribution in [0, 0.1) is 0 Å². The molecule has 0 fully saturated rings. The molecule has 0 spiro atoms. The molecule has 5 amide bonds. The maximum absolute atomic E-state index is 12.9. The van der Waals surface area contributed by atoms with Crippen molar-refractivity contribution in [3.05, 3.63) is 0 Å². The number of nitrogens with two attached hydrogens (primary N) is 5. The van der Waals surface area contributed by atoms with E-state index in [9.17, 15) is 28.8 Å². The molecule has 0 aliphatic rings. The molecule has 0 heterocycles. The first-order valence-electron chi connectivity index (χ1n) is 10.8. The molecule has 0 saturated carbocycles. The van der Waals surface area contributed by atoms with Crippen LogP contribution in [0.2, 0.25) is 0 Å². The van der Waals surface area contributed by atoms with Gasteiger partial charge < -0.3 is 49.7 Å². The summed E-state index contributed by atoms with van der Waals surface area (Å²) < 4.78 is 0. The fourth-order valence-electron chi connectivity index (χ4n) is 2.69. The Morgan fingerprint density at radius 3 is 1.66 bits per heavy atom. The number of carboxylic acids is 1. The van der Waals surface area contributed by atoms with Crippen LogP contribution in [-0.4, -0.2) is 77.3 Å². The highest BCUT2D eigenvalue weighted by atomic mass is 16.4. The summed E-state index contributed by atoms with van der Waals surface area (Å²) in [4.78, 5) is 74.9. The Morgan fingerprint density at radius 1 is 0.771 bits per heavy atom. The topological polar surface area (TPSA) is 301 Å². The van der Waals surface area contributed by atoms with Crippen LogP contribution >= 0.6 is 0 Å². The number of carboxylic acid groups (broad SMARTS) is 1. The summed E-state index contributed by atoms with van der Waals surface area (Å²) >= 11 is 0. The second-order valence-corrected chi connectivity index (χ2v) is 7.76. The van der Waals surface area contributed by atoms with E-state index in [1.807, 2.05) is 0 Å². The number of guanidine groups is 1. The van der Waals surface area contributed by atoms with Crippen LogP contribution in [0.15, 0.2) is 4.99 Å². The zero-order valence-electron chi connectivity index (χ0n) is 19.5. The first-order valence-corrected chi connectivity index (χ1v) is 10.8. The third kappa shape index (κ3) is 14.0. The highest BCUT2D eigenvalue weighted by Crippen LogP contribution is 2.05. The predicted octanol–water partition coefficient (Wildman–Crippen LogP) is -4.54. The van der Waals surface area contributed by atoms with Gasteiger partial charge in [-0.1, -0.05) is 0 Å². The van der Waals surface area contributed by atoms with E-state index < -0.39 is 59.7 Å². The number of amides is 5. The molecule has 16 heteroatoms. The van der Waals surface area contributed by atoms with E-state index in [-0.39, 0.29) is 44.6 Å². The van der Waals surface area contributed by atoms with E-state index in [0.717, 1.165) is 0 Å². The number of primary amides is 2. The first-order chi connectivity index (χ1) is 16.2. The molecule has 198 valence electrons. The average Bonchev–Trinajstić information content (AvgIpc) is 2.75. The van der Waals surface area contributed by atoms with E-state index in [4.69, 9.17) is 33.8 Å². The number of aliphatic carboxylic acids is 1. The van der Waals surface area contributed by atoms with Gasteiger partial charge in [0.1, 0.15) is 18.1 Å². The lowest BCUT2D eigenvalue weighted by molar-refractivity contribution is -0.142. The molecule has 0 bridgehead atoms. The molecular formula is C19H35N9O7. The summed E-state index contributed by atoms with van der Waals surface area (Å²) in [6.45, 7) is 1.44. The number of nitrogens with zero attached hydrogens (tertiary/aromatic N) is 1. The molecule has 0 radical (unpaired) electrons. The van der Waals surface area contributed by atoms with E-state index in [2.05, 4.69) is 20.9 Å². The molecule has 0 saturated heterocycles. The third-order valence-electron chi connectivity index (χ3n) is 4.66. The van der Waals surface area contributed by atoms with Crippen molar-refractivity contribution >= 4 is 41.5 Å². The zero-order valence-corrected chi connectivity index (χ0v) is 19.5. The van der Waals surface area contributed by atoms with Gasteiger partial charge >= 0.3 is 5.97 Å². The maximum Gasteiger partial charge on any atom is 0.325 e. The fourth-order valence-corrected chi connectivity index (χ4v) is 2.69. The fraction of sp³-hybridized carbons (Fsp3) is 0.632. The van der Waals surface area contributed by atoms with Gasteiger partial charge in [0.25, 0.3) is 0 Å². The number of hydrogen-bond acceptors (Lipinski definition) is 8. The molecule has 4 atom stereocenters. The summed E-state index contributed by atoms with van der Waals surface area (Å²) in [5, 5.41) is 15.9. The van der Waals surface area contributed by atoms with E-state index in [1.54, 1.807) is 0 Å². The lowest BCUT2D eigenvalue weighted by atomic mass is 10.1. The third-order valence-corrected chi connectivity index (χ3v) is 4.66. The first kappa shape index (κ1) is 31.0. The van der Waals surface area contributed by atoms with E-state index in [0.29, 0.717) is 6.42 Å². The number of hydrogen-bond donors (Lipinski definition) is 9. The summed E-state index contributed by atoms with van der Waals surface area (Å²) in [6.07, 6.45) is -0.445. The molecule has 0 aliphatic carbocycles. The highest BCUT2D eigenvalue weighted by Gasteiger charge is 2.29. The van der Waals surface area contributed by atoms with Gasteiger partial charge in [-0.2, -0.15) is 0 Å². The van der Waals surface area contributed by atoms with Crippen LogP contribution in [-0.2, 0) is 28.8 Å². The Bertz CT molecular complexity index is 814. The second kappa shape index (κ2) is 15.8. The Kier molecular flexibility index (Phi) is 14.0. The minimum absolute atomic E-state index is 0.112. The number of carbonyl (C=O) groups is 6. The van der Waals surface area contributed by atoms with Gasteiger partial charge in [0, 0.05) is 19.4 Å². The minimum Gasteiger partial charge on any atom is -0.480 e. The van der Waals surface area contributed by atoms with Crippen LogP contribution in [0.5, 0.6) is 0 Å². The number of nitrogens with one attached hydrogen (secondary N) is 3. The standard InChI is InChI=1S/C19H35N9O7/c1-9(18(34)35)26-16(32)11(4-6-13(21)29)28-17(33)12(5-7-14(22)30)27-15(31)10(20)3-2-8-25-19(23)24/h9-12H,2-8,20H2,1H3,(H2,21,29)(H2,22,30)(H,26,32)(H,27,31)(H,28,33)(H,34,35)(H4,23,24,25). The van der Waals surface area contributed by atoms with Gasteiger partial charge in [-0.3, -0.25) is 33.8 Å². The Labute approximate surface area is 201 Å². The monoisotopic (exact) mass is 501 g/mol. The van der Waals surface area contributed by atoms with Gasteiger partial charge in [0.15, 0.2) is 5.96 Å². The van der Waals surface area contributed by atoms with Crippen molar-refractivity contribution in [2.45, 2.75) is 69.6 Å². The smallest absolute Gasteiger partial charge is 0.325 e. The van der Waals surface area contributed by atoms with Crippen molar-refractivity contribution in [3.63, 3.8) is 0 Å². The van der Waals surface area contributed by atoms with Gasteiger partial charge in [0.2, 0.25) is 29.5 Å². The molecule has 0 aromatic carbocycles. The van der Waals surface area contributed by atoms with Crippen LogP contribution in [0.25, 0.3) is 0 Å². The second-order valence-electron chi connectivity index (χ2n) is 7.76. The van der Waals surface area contributed by atoms with Crippen molar-refractivity contribution in [1.29, 1.82) is 0 Å². The Morgan fingerprint density at radius 2 is 1.23 bits per heavy atom. The van der Waals surface area contributed by atoms with E-state index >= 15 is 0 Å². The summed E-state index contributed by atoms with van der Waals surface area (Å²) in [6, 6.07) is -4.96. The average molecular weight is 502 g/mol. The number of aliphatic imine (C=N–C) groups is 1. The summed E-state index contributed by atoms with van der Waals surface area (Å²) in [7, 11) is 0. The lowest BCUT2D eigenvalue weighted by Gasteiger charge is -2.24. The molecule has 35 heavy (non-hydrogen) atoms. The van der Waals surface area contributed by atoms with Gasteiger partial charge in [-0.05, 0) is 32.6 Å². The quantitative estimate of drug-likeness (QED) is 0.0522. The summed E-state index contributed by atoms with van der Waals surface area (Å²) in [5.74, 6) is -5.40. The molecule has 0 rings (SSSR count). The Balaban J connectivity index is 5.39. The largest absolute Gasteiger partial charge is 0.480 e. The molecule has 0 aliphatic heterocycles. The summed E-state index contributed by atoms with van der Waals surface area (Å²) in [5.41, 5.74) is 26.5. The molecule has 0 aromatic rings. The number of rotatable bonds is 17.